The van der Waals surface area contributed by atoms with E-state index in [-0.39, 0.29) is 5.97 Å². The van der Waals surface area contributed by atoms with Crippen molar-refractivity contribution in [3.63, 3.8) is 0 Å². The molecule has 0 amide bonds. The fourth-order valence-corrected chi connectivity index (χ4v) is 9.52. The van der Waals surface area contributed by atoms with Gasteiger partial charge in [-0.05, 0) is 122 Å². The van der Waals surface area contributed by atoms with E-state index in [1.165, 1.54) is 64.9 Å². The van der Waals surface area contributed by atoms with Gasteiger partial charge in [0.05, 0.1) is 7.11 Å². The quantitative estimate of drug-likeness (QED) is 0.433. The second kappa shape index (κ2) is 8.43. The number of carbonyl (C=O) groups excluding carboxylic acids is 1. The molecule has 4 rings (SSSR count). The van der Waals surface area contributed by atoms with E-state index in [4.69, 9.17) is 4.74 Å². The van der Waals surface area contributed by atoms with E-state index in [9.17, 15) is 4.79 Å². The van der Waals surface area contributed by atoms with Crippen molar-refractivity contribution in [1.29, 1.82) is 0 Å². The van der Waals surface area contributed by atoms with Crippen LogP contribution in [0.4, 0.5) is 0 Å². The Morgan fingerprint density at radius 1 is 0.933 bits per heavy atom. The van der Waals surface area contributed by atoms with E-state index in [1.54, 1.807) is 0 Å². The van der Waals surface area contributed by atoms with E-state index >= 15 is 0 Å². The molecule has 2 heteroatoms. The Kier molecular flexibility index (Phi) is 6.37. The molecule has 172 valence electrons. The molecule has 4 fully saturated rings. The molecule has 30 heavy (non-hydrogen) atoms. The molecule has 0 aromatic heterocycles. The topological polar surface area (TPSA) is 26.3 Å². The highest BCUT2D eigenvalue weighted by Crippen LogP contribution is 2.68. The summed E-state index contributed by atoms with van der Waals surface area (Å²) < 4.78 is 4.91. The molecule has 4 aliphatic carbocycles. The molecule has 0 aliphatic heterocycles. The summed E-state index contributed by atoms with van der Waals surface area (Å²) in [5.74, 6) is 7.12. The molecule has 0 bridgehead atoms. The van der Waals surface area contributed by atoms with Gasteiger partial charge >= 0.3 is 5.97 Å². The van der Waals surface area contributed by atoms with Gasteiger partial charge in [0.1, 0.15) is 0 Å². The van der Waals surface area contributed by atoms with Crippen LogP contribution in [-0.4, -0.2) is 13.1 Å². The first-order valence-corrected chi connectivity index (χ1v) is 13.3. The van der Waals surface area contributed by atoms with Crippen molar-refractivity contribution in [3.8, 4) is 0 Å². The molecule has 9 atom stereocenters. The maximum absolute atomic E-state index is 11.7. The number of methoxy groups -OCH3 is 1. The number of rotatable bonds is 5. The summed E-state index contributed by atoms with van der Waals surface area (Å²) in [5, 5.41) is 0. The average molecular weight is 417 g/mol. The Labute approximate surface area is 186 Å². The maximum atomic E-state index is 11.7. The Bertz CT molecular complexity index is 626. The Balaban J connectivity index is 1.47. The summed E-state index contributed by atoms with van der Waals surface area (Å²) in [7, 11) is 1.52. The zero-order valence-electron chi connectivity index (χ0n) is 20.7. The molecule has 0 N–H and O–H groups in total. The van der Waals surface area contributed by atoms with Gasteiger partial charge in [0.2, 0.25) is 0 Å². The van der Waals surface area contributed by atoms with Crippen LogP contribution in [0.5, 0.6) is 0 Å². The van der Waals surface area contributed by atoms with Gasteiger partial charge in [-0.25, -0.2) is 0 Å². The molecular formula is C28H48O2. The predicted octanol–water partition coefficient (Wildman–Crippen LogP) is 7.51. The number of carbonyl (C=O) groups is 1. The highest BCUT2D eigenvalue weighted by atomic mass is 16.5. The molecule has 2 nitrogen and oxygen atoms in total. The molecule has 0 saturated heterocycles. The molecule has 0 spiro atoms. The summed E-state index contributed by atoms with van der Waals surface area (Å²) in [5.41, 5.74) is 1.12. The van der Waals surface area contributed by atoms with Crippen LogP contribution < -0.4 is 0 Å². The lowest BCUT2D eigenvalue weighted by molar-refractivity contribution is -0.141. The van der Waals surface area contributed by atoms with E-state index in [0.717, 1.165) is 47.8 Å². The van der Waals surface area contributed by atoms with Crippen molar-refractivity contribution >= 4 is 5.97 Å². The van der Waals surface area contributed by atoms with Gasteiger partial charge in [0.25, 0.3) is 0 Å². The molecule has 0 radical (unpaired) electrons. The van der Waals surface area contributed by atoms with Crippen LogP contribution in [0, 0.1) is 58.2 Å². The summed E-state index contributed by atoms with van der Waals surface area (Å²) in [6.07, 6.45) is 14.8. The standard InChI is InChI=1S/C28H48O2/c1-18(2)20-13-15-27(4)21(17-20)8-9-22-24-11-10-23(19(3)7-12-26(29)30-6)28(24,5)16-14-25(22)27/h18-25H,7-17H2,1-6H3. The van der Waals surface area contributed by atoms with Gasteiger partial charge in [0.15, 0.2) is 0 Å². The van der Waals surface area contributed by atoms with Crippen LogP contribution >= 0.6 is 0 Å². The van der Waals surface area contributed by atoms with Crippen molar-refractivity contribution < 1.29 is 9.53 Å². The summed E-state index contributed by atoms with van der Waals surface area (Å²) >= 11 is 0. The largest absolute Gasteiger partial charge is 0.469 e. The molecule has 0 aromatic rings. The van der Waals surface area contributed by atoms with Crippen LogP contribution in [0.1, 0.15) is 105 Å². The minimum absolute atomic E-state index is 0.0338. The fourth-order valence-electron chi connectivity index (χ4n) is 9.52. The number of esters is 1. The Hall–Kier alpha value is -0.530. The minimum Gasteiger partial charge on any atom is -0.469 e. The van der Waals surface area contributed by atoms with Crippen molar-refractivity contribution in [2.45, 2.75) is 105 Å². The van der Waals surface area contributed by atoms with E-state index in [0.29, 0.717) is 23.2 Å². The third-order valence-corrected chi connectivity index (χ3v) is 11.4. The third-order valence-electron chi connectivity index (χ3n) is 11.4. The molecular weight excluding hydrogens is 368 g/mol. The van der Waals surface area contributed by atoms with Crippen LogP contribution in [0.15, 0.2) is 0 Å². The number of fused-ring (bicyclic) bond motifs is 5. The van der Waals surface area contributed by atoms with Crippen LogP contribution in [0.2, 0.25) is 0 Å². The van der Waals surface area contributed by atoms with Crippen molar-refractivity contribution in [1.82, 2.24) is 0 Å². The normalized spacial score (nSPS) is 46.6. The van der Waals surface area contributed by atoms with E-state index < -0.39 is 0 Å². The lowest BCUT2D eigenvalue weighted by Crippen LogP contribution is -2.54. The monoisotopic (exact) mass is 416 g/mol. The van der Waals surface area contributed by atoms with Crippen molar-refractivity contribution in [2.75, 3.05) is 7.11 Å². The van der Waals surface area contributed by atoms with Gasteiger partial charge in [-0.15, -0.1) is 0 Å². The zero-order valence-corrected chi connectivity index (χ0v) is 20.7. The Morgan fingerprint density at radius 2 is 1.63 bits per heavy atom. The lowest BCUT2D eigenvalue weighted by Gasteiger charge is -2.61. The SMILES string of the molecule is COC(=O)CCC(C)C1CCC2C3CCC4CC(C(C)C)CCC4(C)C3CCC12C. The first kappa shape index (κ1) is 22.7. The minimum atomic E-state index is -0.0338. The smallest absolute Gasteiger partial charge is 0.305 e. The van der Waals surface area contributed by atoms with Gasteiger partial charge in [-0.3, -0.25) is 4.79 Å². The van der Waals surface area contributed by atoms with Crippen LogP contribution in [0.25, 0.3) is 0 Å². The third kappa shape index (κ3) is 3.66. The molecule has 0 heterocycles. The maximum Gasteiger partial charge on any atom is 0.305 e. The van der Waals surface area contributed by atoms with Crippen molar-refractivity contribution in [2.24, 2.45) is 58.2 Å². The van der Waals surface area contributed by atoms with Crippen molar-refractivity contribution in [3.05, 3.63) is 0 Å². The molecule has 4 saturated carbocycles. The predicted molar refractivity (Wildman–Crippen MR) is 124 cm³/mol. The molecule has 0 aromatic carbocycles. The fraction of sp³-hybridized carbons (Fsp3) is 0.964. The summed E-state index contributed by atoms with van der Waals surface area (Å²) in [6, 6.07) is 0. The van der Waals surface area contributed by atoms with Gasteiger partial charge in [0, 0.05) is 6.42 Å². The van der Waals surface area contributed by atoms with Gasteiger partial charge < -0.3 is 4.74 Å². The zero-order chi connectivity index (χ0) is 21.7. The number of hydrogen-bond acceptors (Lipinski definition) is 2. The average Bonchev–Trinajstić information content (AvgIpc) is 3.08. The van der Waals surface area contributed by atoms with Gasteiger partial charge in [-0.1, -0.05) is 34.6 Å². The first-order chi connectivity index (χ1) is 14.2. The molecule has 9 unspecified atom stereocenters. The van der Waals surface area contributed by atoms with Crippen LogP contribution in [0.3, 0.4) is 0 Å². The second-order valence-corrected chi connectivity index (χ2v) is 12.8. The van der Waals surface area contributed by atoms with E-state index in [2.05, 4.69) is 34.6 Å². The number of ether oxygens (including phenoxy) is 1. The first-order valence-electron chi connectivity index (χ1n) is 13.3. The second-order valence-electron chi connectivity index (χ2n) is 12.8. The van der Waals surface area contributed by atoms with Crippen LogP contribution in [-0.2, 0) is 9.53 Å². The summed E-state index contributed by atoms with van der Waals surface area (Å²) in [4.78, 5) is 11.7. The lowest BCUT2D eigenvalue weighted by atomic mass is 9.43. The number of hydrogen-bond donors (Lipinski definition) is 0. The molecule has 4 aliphatic rings. The highest BCUT2D eigenvalue weighted by molar-refractivity contribution is 5.69. The highest BCUT2D eigenvalue weighted by Gasteiger charge is 2.60. The Morgan fingerprint density at radius 3 is 2.33 bits per heavy atom. The van der Waals surface area contributed by atoms with E-state index in [1.807, 2.05) is 0 Å². The van der Waals surface area contributed by atoms with Gasteiger partial charge in [-0.2, -0.15) is 0 Å². The summed E-state index contributed by atoms with van der Waals surface area (Å²) in [6.45, 7) is 12.7.